The minimum Gasteiger partial charge on any atom is -0.376 e. The van der Waals surface area contributed by atoms with Gasteiger partial charge in [0.2, 0.25) is 0 Å². The van der Waals surface area contributed by atoms with Crippen LogP contribution in [-0.4, -0.2) is 18.7 Å². The number of rotatable bonds is 5. The molecule has 0 bridgehead atoms. The zero-order chi connectivity index (χ0) is 14.2. The molecule has 0 fully saturated rings. The van der Waals surface area contributed by atoms with Crippen LogP contribution in [0, 0.1) is 5.82 Å². The lowest BCUT2D eigenvalue weighted by Crippen LogP contribution is -2.25. The van der Waals surface area contributed by atoms with Gasteiger partial charge in [-0.25, -0.2) is 9.82 Å². The molecule has 0 aliphatic carbocycles. The van der Waals surface area contributed by atoms with Gasteiger partial charge in [0.25, 0.3) is 5.91 Å². The molecule has 0 radical (unpaired) electrons. The van der Waals surface area contributed by atoms with Crippen LogP contribution in [0.15, 0.2) is 59.7 Å². The molecule has 1 amide bonds. The first kappa shape index (κ1) is 13.7. The zero-order valence-electron chi connectivity index (χ0n) is 10.7. The number of nitrogens with zero attached hydrogens (tertiary/aromatic N) is 1. The number of hydrogen-bond donors (Lipinski definition) is 2. The van der Waals surface area contributed by atoms with Crippen molar-refractivity contribution in [3.63, 3.8) is 0 Å². The molecular formula is C15H14FN3O. The van der Waals surface area contributed by atoms with Crippen LogP contribution in [0.25, 0.3) is 0 Å². The Bertz CT molecular complexity index is 599. The van der Waals surface area contributed by atoms with Gasteiger partial charge in [0.1, 0.15) is 5.82 Å². The fraction of sp³-hybridized carbons (Fsp3) is 0.0667. The summed E-state index contributed by atoms with van der Waals surface area (Å²) in [4.78, 5) is 11.5. The second kappa shape index (κ2) is 7.04. The number of carbonyl (C=O) groups is 1. The lowest BCUT2D eigenvalue weighted by atomic mass is 10.2. The van der Waals surface area contributed by atoms with Crippen molar-refractivity contribution in [2.24, 2.45) is 5.10 Å². The Morgan fingerprint density at radius 2 is 1.80 bits per heavy atom. The molecule has 2 N–H and O–H groups in total. The first-order chi connectivity index (χ1) is 9.75. The summed E-state index contributed by atoms with van der Waals surface area (Å²) in [6, 6.07) is 15.6. The fourth-order valence-electron chi connectivity index (χ4n) is 1.53. The predicted octanol–water partition coefficient (Wildman–Crippen LogP) is 2.39. The third-order valence-electron chi connectivity index (χ3n) is 2.52. The number of para-hydroxylation sites is 1. The molecule has 4 nitrogen and oxygen atoms in total. The number of nitrogens with one attached hydrogen (secondary N) is 2. The summed E-state index contributed by atoms with van der Waals surface area (Å²) < 4.78 is 13.3. The van der Waals surface area contributed by atoms with Crippen LogP contribution in [-0.2, 0) is 4.79 Å². The van der Waals surface area contributed by atoms with Gasteiger partial charge in [0, 0.05) is 11.3 Å². The van der Waals surface area contributed by atoms with Crippen molar-refractivity contribution in [2.45, 2.75) is 0 Å². The van der Waals surface area contributed by atoms with Crippen molar-refractivity contribution in [2.75, 3.05) is 11.9 Å². The summed E-state index contributed by atoms with van der Waals surface area (Å²) in [5.41, 5.74) is 3.50. The van der Waals surface area contributed by atoms with E-state index in [0.29, 0.717) is 5.56 Å². The number of amides is 1. The molecule has 0 saturated heterocycles. The predicted molar refractivity (Wildman–Crippen MR) is 77.1 cm³/mol. The highest BCUT2D eigenvalue weighted by Gasteiger charge is 1.99. The van der Waals surface area contributed by atoms with Gasteiger partial charge in [-0.15, -0.1) is 0 Å². The summed E-state index contributed by atoms with van der Waals surface area (Å²) >= 11 is 0. The van der Waals surface area contributed by atoms with Crippen LogP contribution in [0.5, 0.6) is 0 Å². The average molecular weight is 271 g/mol. The van der Waals surface area contributed by atoms with E-state index in [2.05, 4.69) is 15.8 Å². The lowest BCUT2D eigenvalue weighted by Gasteiger charge is -2.04. The maximum atomic E-state index is 13.3. The molecule has 5 heteroatoms. The second-order valence-electron chi connectivity index (χ2n) is 4.03. The zero-order valence-corrected chi connectivity index (χ0v) is 10.7. The summed E-state index contributed by atoms with van der Waals surface area (Å²) in [6.45, 7) is 0.0959. The Kier molecular flexibility index (Phi) is 4.83. The van der Waals surface area contributed by atoms with Crippen LogP contribution in [0.1, 0.15) is 5.56 Å². The molecule has 102 valence electrons. The summed E-state index contributed by atoms with van der Waals surface area (Å²) in [7, 11) is 0. The molecule has 0 heterocycles. The SMILES string of the molecule is O=C(CNc1ccccc1)N/N=C\c1ccccc1F. The summed E-state index contributed by atoms with van der Waals surface area (Å²) in [5, 5.41) is 6.65. The standard InChI is InChI=1S/C15H14FN3O/c16-14-9-5-4-6-12(14)10-18-19-15(20)11-17-13-7-2-1-3-8-13/h1-10,17H,11H2,(H,19,20)/b18-10-. The number of halogens is 1. The Morgan fingerprint density at radius 1 is 1.10 bits per heavy atom. The molecule has 0 unspecified atom stereocenters. The smallest absolute Gasteiger partial charge is 0.259 e. The van der Waals surface area contributed by atoms with Gasteiger partial charge >= 0.3 is 0 Å². The van der Waals surface area contributed by atoms with E-state index in [1.807, 2.05) is 30.3 Å². The number of benzene rings is 2. The van der Waals surface area contributed by atoms with Gasteiger partial charge in [-0.1, -0.05) is 36.4 Å². The normalized spacial score (nSPS) is 10.4. The molecule has 2 rings (SSSR count). The van der Waals surface area contributed by atoms with Gasteiger partial charge in [-0.2, -0.15) is 5.10 Å². The van der Waals surface area contributed by atoms with Crippen LogP contribution in [0.2, 0.25) is 0 Å². The third-order valence-corrected chi connectivity index (χ3v) is 2.52. The highest BCUT2D eigenvalue weighted by Crippen LogP contribution is 2.04. The fourth-order valence-corrected chi connectivity index (χ4v) is 1.53. The molecule has 0 saturated carbocycles. The van der Waals surface area contributed by atoms with Crippen molar-refractivity contribution in [1.29, 1.82) is 0 Å². The average Bonchev–Trinajstić information content (AvgIpc) is 2.48. The molecule has 20 heavy (non-hydrogen) atoms. The van der Waals surface area contributed by atoms with Crippen molar-refractivity contribution in [3.8, 4) is 0 Å². The largest absolute Gasteiger partial charge is 0.376 e. The molecule has 2 aromatic rings. The number of hydrazone groups is 1. The quantitative estimate of drug-likeness (QED) is 0.648. The molecule has 2 aromatic carbocycles. The number of hydrogen-bond acceptors (Lipinski definition) is 3. The van der Waals surface area contributed by atoms with E-state index in [1.165, 1.54) is 12.3 Å². The van der Waals surface area contributed by atoms with Gasteiger partial charge in [-0.3, -0.25) is 4.79 Å². The van der Waals surface area contributed by atoms with E-state index in [9.17, 15) is 9.18 Å². The molecule has 0 aromatic heterocycles. The van der Waals surface area contributed by atoms with Gasteiger partial charge < -0.3 is 5.32 Å². The highest BCUT2D eigenvalue weighted by molar-refractivity contribution is 5.84. The monoisotopic (exact) mass is 271 g/mol. The third kappa shape index (κ3) is 4.20. The van der Waals surface area contributed by atoms with Crippen molar-refractivity contribution in [3.05, 3.63) is 66.0 Å². The van der Waals surface area contributed by atoms with Crippen molar-refractivity contribution < 1.29 is 9.18 Å². The lowest BCUT2D eigenvalue weighted by molar-refractivity contribution is -0.119. The van der Waals surface area contributed by atoms with Gasteiger partial charge in [0.15, 0.2) is 0 Å². The molecule has 0 aliphatic heterocycles. The second-order valence-corrected chi connectivity index (χ2v) is 4.03. The van der Waals surface area contributed by atoms with Gasteiger partial charge in [-0.05, 0) is 18.2 Å². The molecule has 0 atom stereocenters. The van der Waals surface area contributed by atoms with E-state index < -0.39 is 0 Å². The van der Waals surface area contributed by atoms with Crippen LogP contribution in [0.4, 0.5) is 10.1 Å². The van der Waals surface area contributed by atoms with E-state index in [-0.39, 0.29) is 18.3 Å². The van der Waals surface area contributed by atoms with E-state index >= 15 is 0 Å². The van der Waals surface area contributed by atoms with Gasteiger partial charge in [0.05, 0.1) is 12.8 Å². The Hall–Kier alpha value is -2.69. The van der Waals surface area contributed by atoms with E-state index in [1.54, 1.807) is 18.2 Å². The summed E-state index contributed by atoms with van der Waals surface area (Å²) in [5.74, 6) is -0.686. The minimum atomic E-state index is -0.382. The van der Waals surface area contributed by atoms with Crippen LogP contribution >= 0.6 is 0 Å². The van der Waals surface area contributed by atoms with Crippen LogP contribution < -0.4 is 10.7 Å². The minimum absolute atomic E-state index is 0.0959. The summed E-state index contributed by atoms with van der Waals surface area (Å²) in [6.07, 6.45) is 1.27. The number of carbonyl (C=O) groups excluding carboxylic acids is 1. The molecule has 0 spiro atoms. The van der Waals surface area contributed by atoms with Crippen LogP contribution in [0.3, 0.4) is 0 Å². The highest BCUT2D eigenvalue weighted by atomic mass is 19.1. The maximum Gasteiger partial charge on any atom is 0.259 e. The Labute approximate surface area is 116 Å². The Balaban J connectivity index is 1.79. The topological polar surface area (TPSA) is 53.5 Å². The Morgan fingerprint density at radius 3 is 2.55 bits per heavy atom. The first-order valence-electron chi connectivity index (χ1n) is 6.11. The maximum absolute atomic E-state index is 13.3. The van der Waals surface area contributed by atoms with Crippen molar-refractivity contribution in [1.82, 2.24) is 5.43 Å². The molecular weight excluding hydrogens is 257 g/mol. The molecule has 0 aliphatic rings. The first-order valence-corrected chi connectivity index (χ1v) is 6.11. The van der Waals surface area contributed by atoms with E-state index in [0.717, 1.165) is 5.69 Å². The number of anilines is 1. The van der Waals surface area contributed by atoms with Crippen molar-refractivity contribution >= 4 is 17.8 Å². The van der Waals surface area contributed by atoms with E-state index in [4.69, 9.17) is 0 Å².